The molecule has 0 atom stereocenters. The summed E-state index contributed by atoms with van der Waals surface area (Å²) in [5.74, 6) is 1.94. The van der Waals surface area contributed by atoms with E-state index in [9.17, 15) is 0 Å². The maximum atomic E-state index is 5.86. The van der Waals surface area contributed by atoms with E-state index in [-0.39, 0.29) is 0 Å². The molecule has 0 aliphatic rings. The van der Waals surface area contributed by atoms with E-state index in [2.05, 4.69) is 30.8 Å². The van der Waals surface area contributed by atoms with E-state index in [1.807, 2.05) is 37.3 Å². The first-order valence-corrected chi connectivity index (χ1v) is 6.70. The fourth-order valence-electron chi connectivity index (χ4n) is 1.78. The van der Waals surface area contributed by atoms with Crippen LogP contribution in [0.15, 0.2) is 42.7 Å². The maximum Gasteiger partial charge on any atom is 0.153 e. The summed E-state index contributed by atoms with van der Waals surface area (Å²) in [6.45, 7) is 1.93. The highest BCUT2D eigenvalue weighted by Gasteiger charge is 2.02. The number of H-pyrrole nitrogens is 1. The number of benzene rings is 1. The molecule has 0 unspecified atom stereocenters. The van der Waals surface area contributed by atoms with Crippen molar-refractivity contribution in [2.45, 2.75) is 6.92 Å². The lowest BCUT2D eigenvalue weighted by Crippen LogP contribution is -1.99. The molecule has 0 spiro atoms. The summed E-state index contributed by atoms with van der Waals surface area (Å²) in [6.07, 6.45) is 3.28. The number of hydrogen-bond acceptors (Lipinski definition) is 5. The minimum atomic E-state index is 0.612. The zero-order valence-electron chi connectivity index (χ0n) is 11.3. The minimum Gasteiger partial charge on any atom is -0.339 e. The van der Waals surface area contributed by atoms with Crippen LogP contribution in [0.3, 0.4) is 0 Å². The Morgan fingerprint density at radius 1 is 1.00 bits per heavy atom. The number of halogens is 1. The van der Waals surface area contributed by atoms with E-state index >= 15 is 0 Å². The standard InChI is InChI=1S/C14H13ClN6/c1-9-6-12(21-20-9)18-14-8-16-7-13(19-14)17-11-4-2-10(15)3-5-11/h2-8H,1H3,(H3,17,18,19,20,21). The van der Waals surface area contributed by atoms with Gasteiger partial charge < -0.3 is 10.6 Å². The maximum absolute atomic E-state index is 5.86. The van der Waals surface area contributed by atoms with Gasteiger partial charge in [0.2, 0.25) is 0 Å². The monoisotopic (exact) mass is 300 g/mol. The fourth-order valence-corrected chi connectivity index (χ4v) is 1.91. The topological polar surface area (TPSA) is 78.5 Å². The second-order valence-electron chi connectivity index (χ2n) is 4.48. The smallest absolute Gasteiger partial charge is 0.153 e. The third kappa shape index (κ3) is 3.49. The molecule has 21 heavy (non-hydrogen) atoms. The van der Waals surface area contributed by atoms with Crippen molar-refractivity contribution in [1.82, 2.24) is 20.2 Å². The van der Waals surface area contributed by atoms with Crippen LogP contribution in [-0.2, 0) is 0 Å². The predicted molar refractivity (Wildman–Crippen MR) is 83.4 cm³/mol. The van der Waals surface area contributed by atoms with Crippen LogP contribution in [0.5, 0.6) is 0 Å². The Morgan fingerprint density at radius 2 is 1.71 bits per heavy atom. The van der Waals surface area contributed by atoms with Crippen molar-refractivity contribution in [3.05, 3.63) is 53.4 Å². The zero-order chi connectivity index (χ0) is 14.7. The van der Waals surface area contributed by atoms with Crippen molar-refractivity contribution in [1.29, 1.82) is 0 Å². The van der Waals surface area contributed by atoms with Gasteiger partial charge in [0.1, 0.15) is 0 Å². The number of aryl methyl sites for hydroxylation is 1. The molecule has 3 aromatic rings. The SMILES string of the molecule is Cc1cc(Nc2cncc(Nc3ccc(Cl)cc3)n2)n[nH]1. The Hall–Kier alpha value is -2.60. The molecule has 0 aliphatic carbocycles. The van der Waals surface area contributed by atoms with Crippen molar-refractivity contribution in [3.63, 3.8) is 0 Å². The lowest BCUT2D eigenvalue weighted by atomic mass is 10.3. The Balaban J connectivity index is 1.75. The van der Waals surface area contributed by atoms with Crippen molar-refractivity contribution in [3.8, 4) is 0 Å². The van der Waals surface area contributed by atoms with E-state index in [0.717, 1.165) is 11.4 Å². The van der Waals surface area contributed by atoms with Gasteiger partial charge >= 0.3 is 0 Å². The van der Waals surface area contributed by atoms with Gasteiger partial charge in [0, 0.05) is 22.5 Å². The van der Waals surface area contributed by atoms with Crippen LogP contribution in [0.2, 0.25) is 5.02 Å². The summed E-state index contributed by atoms with van der Waals surface area (Å²) in [5, 5.41) is 13.9. The van der Waals surface area contributed by atoms with Crippen molar-refractivity contribution < 1.29 is 0 Å². The van der Waals surface area contributed by atoms with Crippen LogP contribution in [-0.4, -0.2) is 20.2 Å². The summed E-state index contributed by atoms with van der Waals surface area (Å²) in [5.41, 5.74) is 1.86. The first-order valence-electron chi connectivity index (χ1n) is 6.33. The molecule has 106 valence electrons. The Bertz CT molecular complexity index is 737. The second-order valence-corrected chi connectivity index (χ2v) is 4.92. The highest BCUT2D eigenvalue weighted by Crippen LogP contribution is 2.19. The summed E-state index contributed by atoms with van der Waals surface area (Å²) in [4.78, 5) is 8.57. The van der Waals surface area contributed by atoms with Gasteiger partial charge in [-0.1, -0.05) is 11.6 Å². The molecule has 0 saturated carbocycles. The van der Waals surface area contributed by atoms with E-state index in [1.165, 1.54) is 0 Å². The van der Waals surface area contributed by atoms with Crippen LogP contribution < -0.4 is 10.6 Å². The van der Waals surface area contributed by atoms with Gasteiger partial charge in [-0.3, -0.25) is 10.1 Å². The predicted octanol–water partition coefficient (Wildman–Crippen LogP) is 3.65. The van der Waals surface area contributed by atoms with Crippen LogP contribution in [0, 0.1) is 6.92 Å². The van der Waals surface area contributed by atoms with Gasteiger partial charge in [0.25, 0.3) is 0 Å². The number of rotatable bonds is 4. The van der Waals surface area contributed by atoms with Crippen LogP contribution in [0.4, 0.5) is 23.1 Å². The highest BCUT2D eigenvalue weighted by molar-refractivity contribution is 6.30. The first kappa shape index (κ1) is 13.4. The molecule has 3 N–H and O–H groups in total. The van der Waals surface area contributed by atoms with E-state index in [4.69, 9.17) is 11.6 Å². The highest BCUT2D eigenvalue weighted by atomic mass is 35.5. The molecular formula is C14H13ClN6. The Morgan fingerprint density at radius 3 is 2.38 bits per heavy atom. The minimum absolute atomic E-state index is 0.612. The number of nitrogens with one attached hydrogen (secondary N) is 3. The van der Waals surface area contributed by atoms with Crippen LogP contribution in [0.1, 0.15) is 5.69 Å². The molecule has 0 bridgehead atoms. The summed E-state index contributed by atoms with van der Waals surface area (Å²) < 4.78 is 0. The van der Waals surface area contributed by atoms with Crippen LogP contribution >= 0.6 is 11.6 Å². The molecule has 7 heteroatoms. The van der Waals surface area contributed by atoms with Crippen molar-refractivity contribution >= 4 is 34.7 Å². The molecule has 0 saturated heterocycles. The summed E-state index contributed by atoms with van der Waals surface area (Å²) in [6, 6.07) is 9.27. The molecule has 0 radical (unpaired) electrons. The number of aromatic amines is 1. The summed E-state index contributed by atoms with van der Waals surface area (Å²) >= 11 is 5.86. The van der Waals surface area contributed by atoms with Crippen LogP contribution in [0.25, 0.3) is 0 Å². The Kier molecular flexibility index (Phi) is 3.70. The van der Waals surface area contributed by atoms with Gasteiger partial charge in [0.05, 0.1) is 12.4 Å². The fraction of sp³-hybridized carbons (Fsp3) is 0.0714. The van der Waals surface area contributed by atoms with Gasteiger partial charge in [-0.25, -0.2) is 4.98 Å². The first-order chi connectivity index (χ1) is 10.2. The number of hydrogen-bond donors (Lipinski definition) is 3. The van der Waals surface area contributed by atoms with E-state index in [0.29, 0.717) is 22.5 Å². The largest absolute Gasteiger partial charge is 0.339 e. The second kappa shape index (κ2) is 5.80. The van der Waals surface area contributed by atoms with Gasteiger partial charge in [-0.2, -0.15) is 5.10 Å². The number of aromatic nitrogens is 4. The number of anilines is 4. The molecule has 0 fully saturated rings. The summed E-state index contributed by atoms with van der Waals surface area (Å²) in [7, 11) is 0. The van der Waals surface area contributed by atoms with Gasteiger partial charge in [-0.05, 0) is 31.2 Å². The zero-order valence-corrected chi connectivity index (χ0v) is 12.0. The average molecular weight is 301 g/mol. The van der Waals surface area contributed by atoms with E-state index in [1.54, 1.807) is 12.4 Å². The lowest BCUT2D eigenvalue weighted by Gasteiger charge is -2.07. The van der Waals surface area contributed by atoms with Crippen molar-refractivity contribution in [2.24, 2.45) is 0 Å². The molecule has 0 amide bonds. The molecule has 2 heterocycles. The van der Waals surface area contributed by atoms with E-state index < -0.39 is 0 Å². The number of nitrogens with zero attached hydrogens (tertiary/aromatic N) is 3. The molecule has 6 nitrogen and oxygen atoms in total. The normalized spacial score (nSPS) is 10.4. The lowest BCUT2D eigenvalue weighted by molar-refractivity contribution is 1.05. The molecule has 1 aromatic carbocycles. The Labute approximate surface area is 126 Å². The third-order valence-electron chi connectivity index (χ3n) is 2.71. The van der Waals surface area contributed by atoms with Crippen molar-refractivity contribution in [2.75, 3.05) is 10.6 Å². The quantitative estimate of drug-likeness (QED) is 0.685. The molecule has 0 aliphatic heterocycles. The van der Waals surface area contributed by atoms with Gasteiger partial charge in [-0.15, -0.1) is 0 Å². The molecule has 2 aromatic heterocycles. The van der Waals surface area contributed by atoms with Gasteiger partial charge in [0.15, 0.2) is 17.5 Å². The average Bonchev–Trinajstić information content (AvgIpc) is 2.87. The molecule has 3 rings (SSSR count). The third-order valence-corrected chi connectivity index (χ3v) is 2.97. The molecular weight excluding hydrogens is 288 g/mol.